The van der Waals surface area contributed by atoms with E-state index in [2.05, 4.69) is 205 Å². The largest absolute Gasteiger partial charge is 0.456 e. The van der Waals surface area contributed by atoms with Crippen molar-refractivity contribution in [2.24, 2.45) is 0 Å². The Morgan fingerprint density at radius 3 is 1.79 bits per heavy atom. The van der Waals surface area contributed by atoms with E-state index in [1.54, 1.807) is 0 Å². The second-order valence-electron chi connectivity index (χ2n) is 15.2. The molecular weight excluding hydrogens is 723 g/mol. The molecule has 0 fully saturated rings. The fourth-order valence-electron chi connectivity index (χ4n) is 9.62. The predicted molar refractivity (Wildman–Crippen MR) is 244 cm³/mol. The number of hydrogen-bond donors (Lipinski definition) is 0. The molecule has 0 saturated carbocycles. The van der Waals surface area contributed by atoms with Gasteiger partial charge in [-0.05, 0) is 99.1 Å². The van der Waals surface area contributed by atoms with Crippen molar-refractivity contribution < 1.29 is 4.42 Å². The SMILES string of the molecule is c1ccc(-c2ccc(N(c3ccc4oc5ccccc5c4c3)c3cccc4c3sc3ccc(C5(c6ccccc6)c6ccccc6-c6ccccc65)cc34)cc2)cc1. The summed E-state index contributed by atoms with van der Waals surface area (Å²) in [6.07, 6.45) is 0. The number of rotatable bonds is 6. The molecule has 0 radical (unpaired) electrons. The number of fused-ring (bicyclic) bond motifs is 9. The summed E-state index contributed by atoms with van der Waals surface area (Å²) < 4.78 is 8.81. The lowest BCUT2D eigenvalue weighted by atomic mass is 9.67. The third-order valence-corrected chi connectivity index (χ3v) is 13.4. The summed E-state index contributed by atoms with van der Waals surface area (Å²) >= 11 is 1.87. The van der Waals surface area contributed by atoms with Crippen LogP contribution in [0.15, 0.2) is 217 Å². The van der Waals surface area contributed by atoms with Crippen molar-refractivity contribution in [3.05, 3.63) is 235 Å². The van der Waals surface area contributed by atoms with E-state index in [-0.39, 0.29) is 0 Å². The van der Waals surface area contributed by atoms with Crippen LogP contribution in [-0.2, 0) is 5.41 Å². The standard InChI is InChI=1S/C55H35NOS/c1-3-14-36(15-4-1)37-26-29-40(30-27-37)56(41-31-32-52-46(35-41)44-20-9-12-25-51(44)57-52)50-24-13-21-45-47-34-39(28-33-53(47)58-54(45)50)55(38-16-5-2-6-17-38)48-22-10-7-18-42(48)43-19-8-11-23-49(43)55/h1-35H. The minimum atomic E-state index is -0.455. The van der Waals surface area contributed by atoms with Gasteiger partial charge >= 0.3 is 0 Å². The molecule has 272 valence electrons. The zero-order chi connectivity index (χ0) is 38.2. The van der Waals surface area contributed by atoms with Gasteiger partial charge in [-0.25, -0.2) is 0 Å². The van der Waals surface area contributed by atoms with Gasteiger partial charge in [0.25, 0.3) is 0 Å². The molecule has 0 N–H and O–H groups in total. The number of nitrogens with zero attached hydrogens (tertiary/aromatic N) is 1. The van der Waals surface area contributed by atoms with Crippen LogP contribution in [0.3, 0.4) is 0 Å². The maximum Gasteiger partial charge on any atom is 0.135 e. The summed E-state index contributed by atoms with van der Waals surface area (Å²) in [6.45, 7) is 0. The fraction of sp³-hybridized carbons (Fsp3) is 0.0182. The molecule has 0 unspecified atom stereocenters. The predicted octanol–water partition coefficient (Wildman–Crippen LogP) is 15.5. The molecule has 1 aliphatic carbocycles. The van der Waals surface area contributed by atoms with Crippen LogP contribution in [0.2, 0.25) is 0 Å². The molecule has 58 heavy (non-hydrogen) atoms. The minimum absolute atomic E-state index is 0.455. The average Bonchev–Trinajstić information content (AvgIpc) is 3.96. The number of anilines is 3. The van der Waals surface area contributed by atoms with Crippen LogP contribution in [0, 0.1) is 0 Å². The van der Waals surface area contributed by atoms with Crippen LogP contribution in [0.5, 0.6) is 0 Å². The molecule has 2 aromatic heterocycles. The van der Waals surface area contributed by atoms with Crippen molar-refractivity contribution >= 4 is 70.5 Å². The number of furan rings is 1. The van der Waals surface area contributed by atoms with Gasteiger partial charge in [0.15, 0.2) is 0 Å². The van der Waals surface area contributed by atoms with Gasteiger partial charge in [0, 0.05) is 37.6 Å². The second kappa shape index (κ2) is 12.9. The molecule has 0 amide bonds. The summed E-state index contributed by atoms with van der Waals surface area (Å²) in [5, 5.41) is 4.75. The minimum Gasteiger partial charge on any atom is -0.456 e. The lowest BCUT2D eigenvalue weighted by molar-refractivity contribution is 0.669. The van der Waals surface area contributed by atoms with Crippen molar-refractivity contribution in [3.63, 3.8) is 0 Å². The number of hydrogen-bond acceptors (Lipinski definition) is 3. The number of thiophene rings is 1. The zero-order valence-corrected chi connectivity index (χ0v) is 32.3. The van der Waals surface area contributed by atoms with Crippen LogP contribution in [0.4, 0.5) is 17.1 Å². The summed E-state index contributed by atoms with van der Waals surface area (Å²) in [4.78, 5) is 2.42. The van der Waals surface area contributed by atoms with Crippen molar-refractivity contribution in [1.29, 1.82) is 0 Å². The topological polar surface area (TPSA) is 16.4 Å². The van der Waals surface area contributed by atoms with E-state index in [0.717, 1.165) is 39.0 Å². The maximum absolute atomic E-state index is 6.29. The lowest BCUT2D eigenvalue weighted by Gasteiger charge is -2.34. The Balaban J connectivity index is 1.08. The van der Waals surface area contributed by atoms with Crippen molar-refractivity contribution in [2.75, 3.05) is 4.90 Å². The maximum atomic E-state index is 6.29. The monoisotopic (exact) mass is 757 g/mol. The Kier molecular flexibility index (Phi) is 7.35. The van der Waals surface area contributed by atoms with Gasteiger partial charge in [-0.1, -0.05) is 158 Å². The van der Waals surface area contributed by atoms with Crippen molar-refractivity contribution in [1.82, 2.24) is 0 Å². The Hall–Kier alpha value is -7.20. The first-order valence-corrected chi connectivity index (χ1v) is 20.6. The summed E-state index contributed by atoms with van der Waals surface area (Å²) in [5.41, 5.74) is 14.9. The Morgan fingerprint density at radius 2 is 1.02 bits per heavy atom. The molecule has 9 aromatic carbocycles. The molecule has 0 spiro atoms. The summed E-state index contributed by atoms with van der Waals surface area (Å²) in [5.74, 6) is 0. The van der Waals surface area contributed by atoms with Crippen LogP contribution < -0.4 is 4.90 Å². The van der Waals surface area contributed by atoms with Crippen LogP contribution >= 0.6 is 11.3 Å². The molecule has 0 aliphatic heterocycles. The van der Waals surface area contributed by atoms with Crippen molar-refractivity contribution in [2.45, 2.75) is 5.41 Å². The Morgan fingerprint density at radius 1 is 0.397 bits per heavy atom. The van der Waals surface area contributed by atoms with Gasteiger partial charge < -0.3 is 9.32 Å². The highest BCUT2D eigenvalue weighted by molar-refractivity contribution is 7.26. The quantitative estimate of drug-likeness (QED) is 0.168. The fourth-order valence-corrected chi connectivity index (χ4v) is 10.8. The normalized spacial score (nSPS) is 13.0. The van der Waals surface area contributed by atoms with E-state index in [1.165, 1.54) is 64.7 Å². The van der Waals surface area contributed by atoms with Gasteiger partial charge in [-0.15, -0.1) is 11.3 Å². The van der Waals surface area contributed by atoms with E-state index >= 15 is 0 Å². The van der Waals surface area contributed by atoms with Crippen LogP contribution in [0.1, 0.15) is 22.3 Å². The third-order valence-electron chi connectivity index (χ3n) is 12.2. The molecule has 1 aliphatic rings. The second-order valence-corrected chi connectivity index (χ2v) is 16.3. The van der Waals surface area contributed by atoms with Gasteiger partial charge in [0.1, 0.15) is 11.2 Å². The van der Waals surface area contributed by atoms with E-state index in [0.29, 0.717) is 0 Å². The van der Waals surface area contributed by atoms with E-state index in [4.69, 9.17) is 4.42 Å². The van der Waals surface area contributed by atoms with Crippen LogP contribution in [0.25, 0.3) is 64.4 Å². The molecule has 0 saturated heterocycles. The third kappa shape index (κ3) is 4.84. The molecule has 0 bridgehead atoms. The highest BCUT2D eigenvalue weighted by atomic mass is 32.1. The first-order chi connectivity index (χ1) is 28.8. The Labute approximate surface area is 340 Å². The first kappa shape index (κ1) is 33.0. The number of para-hydroxylation sites is 1. The number of benzene rings is 9. The van der Waals surface area contributed by atoms with E-state index < -0.39 is 5.41 Å². The van der Waals surface area contributed by atoms with Crippen LogP contribution in [-0.4, -0.2) is 0 Å². The first-order valence-electron chi connectivity index (χ1n) is 19.8. The molecule has 12 rings (SSSR count). The van der Waals surface area contributed by atoms with E-state index in [9.17, 15) is 0 Å². The molecule has 11 aromatic rings. The zero-order valence-electron chi connectivity index (χ0n) is 31.5. The summed E-state index contributed by atoms with van der Waals surface area (Å²) in [6, 6.07) is 77.5. The lowest BCUT2D eigenvalue weighted by Crippen LogP contribution is -2.28. The Bertz CT molecular complexity index is 3300. The van der Waals surface area contributed by atoms with E-state index in [1.807, 2.05) is 23.5 Å². The average molecular weight is 758 g/mol. The molecule has 3 heteroatoms. The van der Waals surface area contributed by atoms with Gasteiger partial charge in [0.2, 0.25) is 0 Å². The van der Waals surface area contributed by atoms with Gasteiger partial charge in [-0.3, -0.25) is 0 Å². The molecular formula is C55H35NOS. The smallest absolute Gasteiger partial charge is 0.135 e. The van der Waals surface area contributed by atoms with Crippen molar-refractivity contribution in [3.8, 4) is 22.3 Å². The highest BCUT2D eigenvalue weighted by Crippen LogP contribution is 2.57. The molecule has 2 heterocycles. The van der Waals surface area contributed by atoms with Gasteiger partial charge in [0.05, 0.1) is 15.8 Å². The molecule has 0 atom stereocenters. The molecule has 2 nitrogen and oxygen atoms in total. The van der Waals surface area contributed by atoms with Gasteiger partial charge in [-0.2, -0.15) is 0 Å². The summed E-state index contributed by atoms with van der Waals surface area (Å²) in [7, 11) is 0. The highest BCUT2D eigenvalue weighted by Gasteiger charge is 2.46.